The van der Waals surface area contributed by atoms with Crippen LogP contribution in [0.3, 0.4) is 0 Å². The van der Waals surface area contributed by atoms with Gasteiger partial charge >= 0.3 is 0 Å². The van der Waals surface area contributed by atoms with Crippen molar-refractivity contribution >= 4 is 15.9 Å². The van der Waals surface area contributed by atoms with Crippen LogP contribution in [0.25, 0.3) is 0 Å². The molecule has 0 fully saturated rings. The molecule has 0 radical (unpaired) electrons. The first-order valence-corrected chi connectivity index (χ1v) is 7.09. The van der Waals surface area contributed by atoms with Crippen LogP contribution in [0.4, 0.5) is 4.39 Å². The fourth-order valence-electron chi connectivity index (χ4n) is 1.87. The van der Waals surface area contributed by atoms with E-state index in [4.69, 9.17) is 10.00 Å². The molecule has 1 N–H and O–H groups in total. The Morgan fingerprint density at radius 1 is 1.33 bits per heavy atom. The summed E-state index contributed by atoms with van der Waals surface area (Å²) in [7, 11) is 0. The number of nitriles is 1. The van der Waals surface area contributed by atoms with Crippen molar-refractivity contribution in [1.29, 1.82) is 5.26 Å². The molecule has 0 aliphatic heterocycles. The van der Waals surface area contributed by atoms with Gasteiger partial charge in [-0.2, -0.15) is 5.26 Å². The maximum atomic E-state index is 13.8. The standard InChI is InChI=1S/C16H13BrFNO2/c1-10(20)14-7-13(17)4-5-16(14)21-9-12-3-2-11(8-19)6-15(12)18/h2-7,10,20H,9H2,1H3/t10-/m0/s1. The minimum absolute atomic E-state index is 0.0267. The minimum atomic E-state index is -0.691. The van der Waals surface area contributed by atoms with Crippen molar-refractivity contribution < 1.29 is 14.2 Å². The molecule has 0 spiro atoms. The quantitative estimate of drug-likeness (QED) is 0.904. The number of hydrogen-bond acceptors (Lipinski definition) is 3. The molecule has 5 heteroatoms. The van der Waals surface area contributed by atoms with Crippen LogP contribution in [-0.2, 0) is 6.61 Å². The average Bonchev–Trinajstić information content (AvgIpc) is 2.46. The third-order valence-corrected chi connectivity index (χ3v) is 3.48. The Bertz CT molecular complexity index is 695. The number of aliphatic hydroxyl groups is 1. The van der Waals surface area contributed by atoms with E-state index in [1.165, 1.54) is 12.1 Å². The van der Waals surface area contributed by atoms with Crippen LogP contribution >= 0.6 is 15.9 Å². The van der Waals surface area contributed by atoms with Gasteiger partial charge in [-0.3, -0.25) is 0 Å². The highest BCUT2D eigenvalue weighted by molar-refractivity contribution is 9.10. The van der Waals surface area contributed by atoms with Gasteiger partial charge in [0.2, 0.25) is 0 Å². The number of benzene rings is 2. The van der Waals surface area contributed by atoms with Gasteiger partial charge in [0.05, 0.1) is 17.7 Å². The van der Waals surface area contributed by atoms with Gasteiger partial charge in [0.1, 0.15) is 18.2 Å². The lowest BCUT2D eigenvalue weighted by Crippen LogP contribution is -2.03. The van der Waals surface area contributed by atoms with Crippen LogP contribution in [0.5, 0.6) is 5.75 Å². The largest absolute Gasteiger partial charge is 0.488 e. The van der Waals surface area contributed by atoms with E-state index in [0.717, 1.165) is 4.47 Å². The van der Waals surface area contributed by atoms with Crippen molar-refractivity contribution in [2.75, 3.05) is 0 Å². The molecule has 21 heavy (non-hydrogen) atoms. The van der Waals surface area contributed by atoms with Crippen molar-refractivity contribution in [2.45, 2.75) is 19.6 Å². The van der Waals surface area contributed by atoms with Gasteiger partial charge in [0.15, 0.2) is 0 Å². The lowest BCUT2D eigenvalue weighted by atomic mass is 10.1. The van der Waals surface area contributed by atoms with Crippen LogP contribution in [-0.4, -0.2) is 5.11 Å². The molecule has 0 aromatic heterocycles. The number of nitrogens with zero attached hydrogens (tertiary/aromatic N) is 1. The Kier molecular flexibility index (Phi) is 4.94. The third kappa shape index (κ3) is 3.81. The summed E-state index contributed by atoms with van der Waals surface area (Å²) in [5, 5.41) is 18.4. The molecule has 3 nitrogen and oxygen atoms in total. The Labute approximate surface area is 130 Å². The first-order chi connectivity index (χ1) is 10.0. The number of ether oxygens (including phenoxy) is 1. The molecule has 108 valence electrons. The molecule has 0 unspecified atom stereocenters. The minimum Gasteiger partial charge on any atom is -0.488 e. The normalized spacial score (nSPS) is 11.8. The van der Waals surface area contributed by atoms with Gasteiger partial charge in [-0.15, -0.1) is 0 Å². The summed E-state index contributed by atoms with van der Waals surface area (Å²) in [5.74, 6) is 0.0155. The van der Waals surface area contributed by atoms with E-state index in [2.05, 4.69) is 15.9 Å². The van der Waals surface area contributed by atoms with Crippen molar-refractivity contribution in [2.24, 2.45) is 0 Å². The smallest absolute Gasteiger partial charge is 0.131 e. The predicted molar refractivity (Wildman–Crippen MR) is 80.2 cm³/mol. The summed E-state index contributed by atoms with van der Waals surface area (Å²) < 4.78 is 20.2. The van der Waals surface area contributed by atoms with Gasteiger partial charge in [0.25, 0.3) is 0 Å². The van der Waals surface area contributed by atoms with Crippen molar-refractivity contribution in [3.63, 3.8) is 0 Å². The summed E-state index contributed by atoms with van der Waals surface area (Å²) in [6.07, 6.45) is -0.691. The Morgan fingerprint density at radius 3 is 2.71 bits per heavy atom. The highest BCUT2D eigenvalue weighted by Gasteiger charge is 2.11. The van der Waals surface area contributed by atoms with Gasteiger partial charge in [0, 0.05) is 15.6 Å². The first kappa shape index (κ1) is 15.5. The van der Waals surface area contributed by atoms with E-state index >= 15 is 0 Å². The molecule has 0 saturated carbocycles. The van der Waals surface area contributed by atoms with E-state index < -0.39 is 11.9 Å². The summed E-state index contributed by atoms with van der Waals surface area (Å²) in [6, 6.07) is 11.4. The Balaban J connectivity index is 2.19. The third-order valence-electron chi connectivity index (χ3n) is 2.99. The van der Waals surface area contributed by atoms with Crippen molar-refractivity contribution in [3.8, 4) is 11.8 Å². The van der Waals surface area contributed by atoms with E-state index in [1.54, 1.807) is 31.2 Å². The summed E-state index contributed by atoms with van der Waals surface area (Å²) >= 11 is 3.33. The molecule has 2 rings (SSSR count). The lowest BCUT2D eigenvalue weighted by Gasteiger charge is -2.14. The van der Waals surface area contributed by atoms with Crippen LogP contribution in [0.15, 0.2) is 40.9 Å². The molecule has 0 heterocycles. The zero-order chi connectivity index (χ0) is 15.4. The molecule has 2 aromatic rings. The van der Waals surface area contributed by atoms with Crippen molar-refractivity contribution in [3.05, 3.63) is 63.4 Å². The molecule has 0 amide bonds. The second-order valence-corrected chi connectivity index (χ2v) is 5.48. The van der Waals surface area contributed by atoms with E-state index in [-0.39, 0.29) is 12.2 Å². The SMILES string of the molecule is C[C@H](O)c1cc(Br)ccc1OCc1ccc(C#N)cc1F. The highest BCUT2D eigenvalue weighted by Crippen LogP contribution is 2.29. The number of aliphatic hydroxyl groups excluding tert-OH is 1. The maximum Gasteiger partial charge on any atom is 0.131 e. The molecule has 0 saturated heterocycles. The van der Waals surface area contributed by atoms with Gasteiger partial charge < -0.3 is 9.84 Å². The molecule has 0 aliphatic rings. The zero-order valence-corrected chi connectivity index (χ0v) is 12.9. The molecule has 2 aromatic carbocycles. The van der Waals surface area contributed by atoms with Gasteiger partial charge in [-0.1, -0.05) is 22.0 Å². The topological polar surface area (TPSA) is 53.2 Å². The summed E-state index contributed by atoms with van der Waals surface area (Å²) in [6.45, 7) is 1.66. The van der Waals surface area contributed by atoms with E-state index in [0.29, 0.717) is 16.9 Å². The molecule has 1 atom stereocenters. The molecular weight excluding hydrogens is 337 g/mol. The highest BCUT2D eigenvalue weighted by atomic mass is 79.9. The Hall–Kier alpha value is -1.90. The summed E-state index contributed by atoms with van der Waals surface area (Å²) in [4.78, 5) is 0. The molecule has 0 bridgehead atoms. The first-order valence-electron chi connectivity index (χ1n) is 6.30. The van der Waals surface area contributed by atoms with Crippen molar-refractivity contribution in [1.82, 2.24) is 0 Å². The lowest BCUT2D eigenvalue weighted by molar-refractivity contribution is 0.189. The van der Waals surface area contributed by atoms with Crippen LogP contribution < -0.4 is 4.74 Å². The number of rotatable bonds is 4. The fraction of sp³-hybridized carbons (Fsp3) is 0.188. The number of hydrogen-bond donors (Lipinski definition) is 1. The maximum absolute atomic E-state index is 13.8. The van der Waals surface area contributed by atoms with E-state index in [1.807, 2.05) is 6.07 Å². The fourth-order valence-corrected chi connectivity index (χ4v) is 2.25. The van der Waals surface area contributed by atoms with E-state index in [9.17, 15) is 9.50 Å². The summed E-state index contributed by atoms with van der Waals surface area (Å²) in [5.41, 5.74) is 1.25. The second-order valence-electron chi connectivity index (χ2n) is 4.56. The van der Waals surface area contributed by atoms with Crippen LogP contribution in [0.2, 0.25) is 0 Å². The molecular formula is C16H13BrFNO2. The zero-order valence-electron chi connectivity index (χ0n) is 11.3. The Morgan fingerprint density at radius 2 is 2.10 bits per heavy atom. The van der Waals surface area contributed by atoms with Gasteiger partial charge in [-0.25, -0.2) is 4.39 Å². The predicted octanol–water partition coefficient (Wildman–Crippen LogP) is 4.09. The monoisotopic (exact) mass is 349 g/mol. The average molecular weight is 350 g/mol. The second kappa shape index (κ2) is 6.70. The van der Waals surface area contributed by atoms with Crippen LogP contribution in [0.1, 0.15) is 29.7 Å². The molecule has 0 aliphatic carbocycles. The van der Waals surface area contributed by atoms with Crippen LogP contribution in [0, 0.1) is 17.1 Å². The van der Waals surface area contributed by atoms with Gasteiger partial charge in [-0.05, 0) is 37.3 Å². The number of halogens is 2.